The lowest BCUT2D eigenvalue weighted by molar-refractivity contribution is 0.494. The zero-order valence-corrected chi connectivity index (χ0v) is 18.1. The molecule has 5 rings (SSSR count). The van der Waals surface area contributed by atoms with Crippen LogP contribution in [-0.2, 0) is 20.1 Å². The first kappa shape index (κ1) is 19.4. The molecule has 0 bridgehead atoms. The van der Waals surface area contributed by atoms with E-state index in [1.54, 1.807) is 37.6 Å². The van der Waals surface area contributed by atoms with E-state index in [1.807, 2.05) is 34.9 Å². The van der Waals surface area contributed by atoms with Crippen molar-refractivity contribution >= 4 is 28.5 Å². The summed E-state index contributed by atoms with van der Waals surface area (Å²) >= 11 is 5.96. The van der Waals surface area contributed by atoms with E-state index < -0.39 is 5.69 Å². The first-order valence-corrected chi connectivity index (χ1v) is 10.2. The highest BCUT2D eigenvalue weighted by Gasteiger charge is 2.23. The highest BCUT2D eigenvalue weighted by atomic mass is 35.5. The van der Waals surface area contributed by atoms with Crippen molar-refractivity contribution in [2.45, 2.75) is 26.9 Å². The van der Waals surface area contributed by atoms with E-state index in [-0.39, 0.29) is 12.1 Å². The topological polar surface area (TPSA) is 79.4 Å². The first-order valence-electron chi connectivity index (χ1n) is 9.81. The van der Waals surface area contributed by atoms with E-state index in [0.717, 1.165) is 22.7 Å². The van der Waals surface area contributed by atoms with Crippen molar-refractivity contribution in [3.63, 3.8) is 0 Å². The molecule has 0 aliphatic rings. The minimum absolute atomic E-state index is 0.150. The Labute approximate surface area is 181 Å². The summed E-state index contributed by atoms with van der Waals surface area (Å²) in [6, 6.07) is 10.8. The molecule has 5 aromatic rings. The molecule has 0 atom stereocenters. The molecule has 0 saturated carbocycles. The zero-order valence-electron chi connectivity index (χ0n) is 17.3. The standard InChI is InChI=1S/C22H20ClN5O3/c1-13-14(2)28-18-19(24-21(28)26(13)12-17-5-4-10-31-17)25(3)22(30)27(20(18)29)11-15-6-8-16(23)9-7-15/h4-10H,11-12H2,1-3H3. The molecular formula is C22H20ClN5O3. The Bertz CT molecular complexity index is 1550. The monoisotopic (exact) mass is 437 g/mol. The number of rotatable bonds is 4. The number of imidazole rings is 2. The number of halogens is 1. The Balaban J connectivity index is 1.77. The van der Waals surface area contributed by atoms with Gasteiger partial charge in [0.05, 0.1) is 19.4 Å². The van der Waals surface area contributed by atoms with Gasteiger partial charge < -0.3 is 8.98 Å². The number of hydrogen-bond acceptors (Lipinski definition) is 4. The number of benzene rings is 1. The second-order valence-electron chi connectivity index (χ2n) is 7.62. The molecule has 4 heterocycles. The minimum atomic E-state index is -0.417. The molecule has 0 spiro atoms. The molecule has 9 heteroatoms. The summed E-state index contributed by atoms with van der Waals surface area (Å²) in [7, 11) is 1.63. The maximum Gasteiger partial charge on any atom is 0.332 e. The number of aromatic nitrogens is 5. The molecule has 0 unspecified atom stereocenters. The van der Waals surface area contributed by atoms with Crippen LogP contribution in [0, 0.1) is 13.8 Å². The predicted octanol–water partition coefficient (Wildman–Crippen LogP) is 3.11. The molecular weight excluding hydrogens is 418 g/mol. The Kier molecular flexibility index (Phi) is 4.40. The fraction of sp³-hybridized carbons (Fsp3) is 0.227. The van der Waals surface area contributed by atoms with Crippen LogP contribution < -0.4 is 11.2 Å². The van der Waals surface area contributed by atoms with Gasteiger partial charge in [0.15, 0.2) is 11.2 Å². The van der Waals surface area contributed by atoms with E-state index in [0.29, 0.717) is 28.5 Å². The molecule has 0 N–H and O–H groups in total. The molecule has 0 saturated heterocycles. The van der Waals surface area contributed by atoms with Crippen molar-refractivity contribution in [1.82, 2.24) is 23.1 Å². The molecule has 0 aliphatic carbocycles. The van der Waals surface area contributed by atoms with Gasteiger partial charge in [0.1, 0.15) is 5.76 Å². The largest absolute Gasteiger partial charge is 0.467 e. The van der Waals surface area contributed by atoms with Crippen LogP contribution in [0.15, 0.2) is 56.7 Å². The third-order valence-electron chi connectivity index (χ3n) is 5.78. The Hall–Kier alpha value is -3.52. The first-order chi connectivity index (χ1) is 14.9. The summed E-state index contributed by atoms with van der Waals surface area (Å²) < 4.78 is 12.0. The van der Waals surface area contributed by atoms with Crippen molar-refractivity contribution in [3.05, 3.63) is 91.2 Å². The summed E-state index contributed by atoms with van der Waals surface area (Å²) in [6.45, 7) is 4.55. The number of fused-ring (bicyclic) bond motifs is 3. The van der Waals surface area contributed by atoms with Crippen LogP contribution in [0.5, 0.6) is 0 Å². The smallest absolute Gasteiger partial charge is 0.332 e. The van der Waals surface area contributed by atoms with Crippen LogP contribution in [0.25, 0.3) is 16.9 Å². The Morgan fingerprint density at radius 1 is 1.00 bits per heavy atom. The SMILES string of the molecule is Cc1c(C)n2c3c(=O)n(Cc4ccc(Cl)cc4)c(=O)n(C)c3nc2n1Cc1ccco1. The fourth-order valence-corrected chi connectivity index (χ4v) is 4.10. The fourth-order valence-electron chi connectivity index (χ4n) is 3.97. The number of nitrogens with zero attached hydrogens (tertiary/aromatic N) is 5. The highest BCUT2D eigenvalue weighted by molar-refractivity contribution is 6.30. The molecule has 1 aromatic carbocycles. The van der Waals surface area contributed by atoms with Crippen LogP contribution in [0.2, 0.25) is 5.02 Å². The Morgan fingerprint density at radius 2 is 1.74 bits per heavy atom. The third-order valence-corrected chi connectivity index (χ3v) is 6.03. The summed E-state index contributed by atoms with van der Waals surface area (Å²) in [6.07, 6.45) is 1.62. The van der Waals surface area contributed by atoms with Crippen molar-refractivity contribution < 1.29 is 4.42 Å². The molecule has 158 valence electrons. The molecule has 0 amide bonds. The van der Waals surface area contributed by atoms with E-state index in [1.165, 1.54) is 9.13 Å². The Morgan fingerprint density at radius 3 is 2.42 bits per heavy atom. The van der Waals surface area contributed by atoms with Gasteiger partial charge in [-0.3, -0.25) is 18.3 Å². The van der Waals surface area contributed by atoms with Gasteiger partial charge >= 0.3 is 5.69 Å². The average Bonchev–Trinajstić information content (AvgIpc) is 3.46. The van der Waals surface area contributed by atoms with Gasteiger partial charge in [-0.1, -0.05) is 23.7 Å². The number of hydrogen-bond donors (Lipinski definition) is 0. The van der Waals surface area contributed by atoms with Gasteiger partial charge in [-0.05, 0) is 43.7 Å². The van der Waals surface area contributed by atoms with E-state index in [4.69, 9.17) is 16.0 Å². The van der Waals surface area contributed by atoms with Crippen LogP contribution >= 0.6 is 11.6 Å². The second-order valence-corrected chi connectivity index (χ2v) is 8.05. The number of aryl methyl sites for hydroxylation is 2. The highest BCUT2D eigenvalue weighted by Crippen LogP contribution is 2.22. The lowest BCUT2D eigenvalue weighted by Gasteiger charge is -2.09. The normalized spacial score (nSPS) is 11.7. The van der Waals surface area contributed by atoms with Crippen LogP contribution in [0.1, 0.15) is 22.7 Å². The van der Waals surface area contributed by atoms with Gasteiger partial charge in [-0.15, -0.1) is 0 Å². The average molecular weight is 438 g/mol. The lowest BCUT2D eigenvalue weighted by atomic mass is 10.2. The van der Waals surface area contributed by atoms with E-state index in [9.17, 15) is 9.59 Å². The van der Waals surface area contributed by atoms with Crippen molar-refractivity contribution in [1.29, 1.82) is 0 Å². The van der Waals surface area contributed by atoms with Crippen LogP contribution in [-0.4, -0.2) is 23.1 Å². The molecule has 8 nitrogen and oxygen atoms in total. The zero-order chi connectivity index (χ0) is 21.9. The summed E-state index contributed by atoms with van der Waals surface area (Å²) in [5.74, 6) is 1.37. The summed E-state index contributed by atoms with van der Waals surface area (Å²) in [5, 5.41) is 0.598. The van der Waals surface area contributed by atoms with Gasteiger partial charge in [0.25, 0.3) is 5.56 Å². The third kappa shape index (κ3) is 2.94. The molecule has 0 fully saturated rings. The summed E-state index contributed by atoms with van der Waals surface area (Å²) in [5.41, 5.74) is 2.61. The lowest BCUT2D eigenvalue weighted by Crippen LogP contribution is -2.39. The molecule has 0 radical (unpaired) electrons. The van der Waals surface area contributed by atoms with E-state index in [2.05, 4.69) is 4.98 Å². The minimum Gasteiger partial charge on any atom is -0.467 e. The van der Waals surface area contributed by atoms with Crippen molar-refractivity contribution in [2.24, 2.45) is 7.05 Å². The van der Waals surface area contributed by atoms with Gasteiger partial charge in [-0.2, -0.15) is 4.98 Å². The maximum atomic E-state index is 13.5. The predicted molar refractivity (Wildman–Crippen MR) is 118 cm³/mol. The quantitative estimate of drug-likeness (QED) is 0.432. The maximum absolute atomic E-state index is 13.5. The van der Waals surface area contributed by atoms with Gasteiger partial charge in [0, 0.05) is 23.5 Å². The van der Waals surface area contributed by atoms with Gasteiger partial charge in [-0.25, -0.2) is 4.79 Å². The van der Waals surface area contributed by atoms with Crippen molar-refractivity contribution in [3.8, 4) is 0 Å². The van der Waals surface area contributed by atoms with Crippen LogP contribution in [0.4, 0.5) is 0 Å². The van der Waals surface area contributed by atoms with Gasteiger partial charge in [0.2, 0.25) is 5.78 Å². The summed E-state index contributed by atoms with van der Waals surface area (Å²) in [4.78, 5) is 31.1. The number of furan rings is 1. The molecule has 0 aliphatic heterocycles. The van der Waals surface area contributed by atoms with Crippen molar-refractivity contribution in [2.75, 3.05) is 0 Å². The van der Waals surface area contributed by atoms with E-state index >= 15 is 0 Å². The molecule has 4 aromatic heterocycles. The molecule has 31 heavy (non-hydrogen) atoms. The van der Waals surface area contributed by atoms with Crippen LogP contribution in [0.3, 0.4) is 0 Å². The second kappa shape index (κ2) is 7.02.